The van der Waals surface area contributed by atoms with Gasteiger partial charge in [0, 0.05) is 44.5 Å². The van der Waals surface area contributed by atoms with Crippen LogP contribution in [0.25, 0.3) is 0 Å². The number of carbonyl (C=O) groups is 2. The fraction of sp³-hybridized carbons (Fsp3) is 0.409. The van der Waals surface area contributed by atoms with E-state index in [0.29, 0.717) is 37.9 Å². The molecular weight excluding hydrogens is 394 g/mol. The van der Waals surface area contributed by atoms with Crippen LogP contribution < -0.4 is 10.6 Å². The summed E-state index contributed by atoms with van der Waals surface area (Å²) in [5, 5.41) is 14.7. The topological polar surface area (TPSA) is 107 Å². The standard InChI is InChI=1S/C22H27N7O2/c1-14-18(15(2)28(3)27-14)6-7-21(30)26-17-9-20-19(12-25-29(20)13-17)22(31)24-11-16-5-4-8-23-10-16/h4-5,8,10,12,17H,6-7,9,11,13H2,1-3H3,(H,24,31)(H,26,30)/t17-/m0/s1. The van der Waals surface area contributed by atoms with Gasteiger partial charge in [-0.2, -0.15) is 10.2 Å². The van der Waals surface area contributed by atoms with Gasteiger partial charge in [-0.1, -0.05) is 6.07 Å². The Morgan fingerprint density at radius 3 is 2.81 bits per heavy atom. The molecule has 4 heterocycles. The van der Waals surface area contributed by atoms with Gasteiger partial charge in [0.15, 0.2) is 0 Å². The van der Waals surface area contributed by atoms with Crippen LogP contribution in [-0.2, 0) is 37.8 Å². The molecule has 4 rings (SSSR count). The first-order valence-electron chi connectivity index (χ1n) is 10.4. The quantitative estimate of drug-likeness (QED) is 0.597. The number of aryl methyl sites for hydroxylation is 2. The highest BCUT2D eigenvalue weighted by Gasteiger charge is 2.28. The van der Waals surface area contributed by atoms with Crippen molar-refractivity contribution in [2.24, 2.45) is 7.05 Å². The largest absolute Gasteiger partial charge is 0.351 e. The van der Waals surface area contributed by atoms with Gasteiger partial charge in [-0.25, -0.2) is 0 Å². The summed E-state index contributed by atoms with van der Waals surface area (Å²) >= 11 is 0. The normalized spacial score (nSPS) is 15.0. The number of hydrogen-bond acceptors (Lipinski definition) is 5. The van der Waals surface area contributed by atoms with E-state index in [4.69, 9.17) is 0 Å². The van der Waals surface area contributed by atoms with Crippen molar-refractivity contribution < 1.29 is 9.59 Å². The molecule has 1 aliphatic heterocycles. The number of nitrogens with one attached hydrogen (secondary N) is 2. The SMILES string of the molecule is Cc1nn(C)c(C)c1CCC(=O)N[C@H]1Cc2c(C(=O)NCc3cccnc3)cnn2C1. The molecule has 162 valence electrons. The summed E-state index contributed by atoms with van der Waals surface area (Å²) in [5.41, 5.74) is 5.53. The molecule has 9 heteroatoms. The van der Waals surface area contributed by atoms with E-state index < -0.39 is 0 Å². The lowest BCUT2D eigenvalue weighted by atomic mass is 10.1. The van der Waals surface area contributed by atoms with Crippen LogP contribution in [0.2, 0.25) is 0 Å². The number of carbonyl (C=O) groups excluding carboxylic acids is 2. The number of fused-ring (bicyclic) bond motifs is 1. The molecule has 0 bridgehead atoms. The third-order valence-electron chi connectivity index (χ3n) is 5.83. The summed E-state index contributed by atoms with van der Waals surface area (Å²) in [4.78, 5) is 29.2. The lowest BCUT2D eigenvalue weighted by Crippen LogP contribution is -2.36. The van der Waals surface area contributed by atoms with E-state index in [2.05, 4.69) is 25.8 Å². The van der Waals surface area contributed by atoms with Crippen molar-refractivity contribution in [2.75, 3.05) is 0 Å². The number of rotatable bonds is 7. The van der Waals surface area contributed by atoms with E-state index in [9.17, 15) is 9.59 Å². The minimum atomic E-state index is -0.167. The zero-order valence-corrected chi connectivity index (χ0v) is 18.1. The van der Waals surface area contributed by atoms with Gasteiger partial charge in [-0.15, -0.1) is 0 Å². The molecule has 3 aromatic rings. The first-order valence-corrected chi connectivity index (χ1v) is 10.4. The molecule has 9 nitrogen and oxygen atoms in total. The molecule has 31 heavy (non-hydrogen) atoms. The summed E-state index contributed by atoms with van der Waals surface area (Å²) < 4.78 is 3.65. The Kier molecular flexibility index (Phi) is 5.83. The number of aromatic nitrogens is 5. The van der Waals surface area contributed by atoms with Crippen molar-refractivity contribution in [3.05, 3.63) is 64.5 Å². The van der Waals surface area contributed by atoms with Gasteiger partial charge in [0.1, 0.15) is 0 Å². The first-order chi connectivity index (χ1) is 14.9. The van der Waals surface area contributed by atoms with Crippen molar-refractivity contribution in [1.82, 2.24) is 35.2 Å². The Labute approximate surface area is 180 Å². The average Bonchev–Trinajstić information content (AvgIpc) is 3.39. The van der Waals surface area contributed by atoms with E-state index >= 15 is 0 Å². The second-order valence-electron chi connectivity index (χ2n) is 7.97. The number of pyridine rings is 1. The van der Waals surface area contributed by atoms with Gasteiger partial charge in [0.05, 0.1) is 35.7 Å². The van der Waals surface area contributed by atoms with Crippen molar-refractivity contribution in [3.8, 4) is 0 Å². The van der Waals surface area contributed by atoms with Crippen molar-refractivity contribution >= 4 is 11.8 Å². The summed E-state index contributed by atoms with van der Waals surface area (Å²) in [6.07, 6.45) is 6.68. The highest BCUT2D eigenvalue weighted by Crippen LogP contribution is 2.20. The van der Waals surface area contributed by atoms with Crippen LogP contribution in [0.4, 0.5) is 0 Å². The van der Waals surface area contributed by atoms with Crippen LogP contribution in [-0.4, -0.2) is 42.4 Å². The van der Waals surface area contributed by atoms with Crippen molar-refractivity contribution in [3.63, 3.8) is 0 Å². The van der Waals surface area contributed by atoms with E-state index in [0.717, 1.165) is 28.2 Å². The van der Waals surface area contributed by atoms with Gasteiger partial charge >= 0.3 is 0 Å². The molecule has 3 aromatic heterocycles. The lowest BCUT2D eigenvalue weighted by Gasteiger charge is -2.12. The van der Waals surface area contributed by atoms with Gasteiger partial charge in [0.2, 0.25) is 5.91 Å². The molecule has 1 atom stereocenters. The van der Waals surface area contributed by atoms with E-state index in [1.54, 1.807) is 23.3 Å². The molecule has 0 saturated carbocycles. The summed E-state index contributed by atoms with van der Waals surface area (Å²) in [6.45, 7) is 4.97. The monoisotopic (exact) mass is 421 g/mol. The smallest absolute Gasteiger partial charge is 0.255 e. The molecule has 0 fully saturated rings. The molecular formula is C22H27N7O2. The number of nitrogens with zero attached hydrogens (tertiary/aromatic N) is 5. The molecule has 0 spiro atoms. The van der Waals surface area contributed by atoms with Crippen molar-refractivity contribution in [2.45, 2.75) is 52.2 Å². The van der Waals surface area contributed by atoms with Crippen molar-refractivity contribution in [1.29, 1.82) is 0 Å². The van der Waals surface area contributed by atoms with Gasteiger partial charge < -0.3 is 10.6 Å². The zero-order valence-electron chi connectivity index (χ0n) is 18.1. The fourth-order valence-electron chi connectivity index (χ4n) is 4.07. The maximum atomic E-state index is 12.6. The Morgan fingerprint density at radius 1 is 1.26 bits per heavy atom. The lowest BCUT2D eigenvalue weighted by molar-refractivity contribution is -0.121. The Balaban J connectivity index is 1.30. The van der Waals surface area contributed by atoms with Crippen LogP contribution in [0.1, 0.15) is 45.0 Å². The van der Waals surface area contributed by atoms with E-state index in [-0.39, 0.29) is 17.9 Å². The minimum Gasteiger partial charge on any atom is -0.351 e. The van der Waals surface area contributed by atoms with Crippen LogP contribution in [0.3, 0.4) is 0 Å². The molecule has 0 aliphatic carbocycles. The zero-order chi connectivity index (χ0) is 22.0. The Morgan fingerprint density at radius 2 is 2.10 bits per heavy atom. The molecule has 0 saturated heterocycles. The Bertz CT molecular complexity index is 1100. The maximum Gasteiger partial charge on any atom is 0.255 e. The summed E-state index contributed by atoms with van der Waals surface area (Å²) in [5.74, 6) is -0.166. The second-order valence-corrected chi connectivity index (χ2v) is 7.97. The molecule has 0 radical (unpaired) electrons. The van der Waals surface area contributed by atoms with E-state index in [1.165, 1.54) is 0 Å². The maximum absolute atomic E-state index is 12.6. The first kappa shape index (κ1) is 20.8. The Hall–Kier alpha value is -3.49. The summed E-state index contributed by atoms with van der Waals surface area (Å²) in [7, 11) is 1.91. The molecule has 2 N–H and O–H groups in total. The van der Waals surface area contributed by atoms with Gasteiger partial charge in [0.25, 0.3) is 5.91 Å². The highest BCUT2D eigenvalue weighted by atomic mass is 16.2. The molecule has 0 aromatic carbocycles. The van der Waals surface area contributed by atoms with E-state index in [1.807, 2.05) is 37.7 Å². The fourth-order valence-corrected chi connectivity index (χ4v) is 4.07. The van der Waals surface area contributed by atoms with Crippen LogP contribution in [0.15, 0.2) is 30.7 Å². The van der Waals surface area contributed by atoms with Crippen LogP contribution in [0.5, 0.6) is 0 Å². The third kappa shape index (κ3) is 4.50. The van der Waals surface area contributed by atoms with Crippen LogP contribution in [0, 0.1) is 13.8 Å². The minimum absolute atomic E-state index is 0.000912. The van der Waals surface area contributed by atoms with Gasteiger partial charge in [-0.05, 0) is 37.5 Å². The van der Waals surface area contributed by atoms with Crippen LogP contribution >= 0.6 is 0 Å². The number of hydrogen-bond donors (Lipinski definition) is 2. The molecule has 0 unspecified atom stereocenters. The number of amides is 2. The predicted molar refractivity (Wildman–Crippen MR) is 114 cm³/mol. The average molecular weight is 422 g/mol. The highest BCUT2D eigenvalue weighted by molar-refractivity contribution is 5.95. The predicted octanol–water partition coefficient (Wildman–Crippen LogP) is 1.23. The molecule has 1 aliphatic rings. The third-order valence-corrected chi connectivity index (χ3v) is 5.83. The van der Waals surface area contributed by atoms with Gasteiger partial charge in [-0.3, -0.25) is 23.9 Å². The molecule has 2 amide bonds. The summed E-state index contributed by atoms with van der Waals surface area (Å²) in [6, 6.07) is 3.69. The second kappa shape index (κ2) is 8.71.